The maximum absolute atomic E-state index is 6.21. The minimum Gasteiger partial charge on any atom is -0.354 e. The molecule has 0 aliphatic carbocycles. The molecular weight excluding hydrogens is 332 g/mol. The number of aromatic nitrogens is 3. The molecule has 23 heavy (non-hydrogen) atoms. The lowest BCUT2D eigenvalue weighted by atomic mass is 9.96. The lowest BCUT2D eigenvalue weighted by Gasteiger charge is -2.41. The molecule has 0 amide bonds. The molecular formula is C15H23ClN6S. The van der Waals surface area contributed by atoms with Gasteiger partial charge in [0.1, 0.15) is 17.0 Å². The highest BCUT2D eigenvalue weighted by Crippen LogP contribution is 2.32. The normalized spacial score (nSPS) is 15.9. The Bertz CT molecular complexity index is 682. The van der Waals surface area contributed by atoms with Crippen LogP contribution in [-0.4, -0.2) is 44.6 Å². The summed E-state index contributed by atoms with van der Waals surface area (Å²) in [6.45, 7) is 9.45. The molecule has 3 heterocycles. The van der Waals surface area contributed by atoms with Gasteiger partial charge in [-0.25, -0.2) is 13.8 Å². The first-order chi connectivity index (χ1) is 11.0. The molecule has 0 spiro atoms. The molecule has 0 aromatic carbocycles. The SMILES string of the molecule is Cc1cc(Cl)n2ncnc(N3CC(CCN(SN)C(C)C)C3)c12. The van der Waals surface area contributed by atoms with E-state index in [1.165, 1.54) is 12.1 Å². The number of nitrogens with zero attached hydrogens (tertiary/aromatic N) is 5. The van der Waals surface area contributed by atoms with Gasteiger partial charge >= 0.3 is 0 Å². The van der Waals surface area contributed by atoms with E-state index in [0.29, 0.717) is 17.1 Å². The summed E-state index contributed by atoms with van der Waals surface area (Å²) >= 11 is 7.55. The number of hydrogen-bond acceptors (Lipinski definition) is 6. The monoisotopic (exact) mass is 354 g/mol. The van der Waals surface area contributed by atoms with Crippen LogP contribution in [0.2, 0.25) is 5.15 Å². The fourth-order valence-electron chi connectivity index (χ4n) is 3.06. The second kappa shape index (κ2) is 6.84. The van der Waals surface area contributed by atoms with Gasteiger partial charge in [-0.05, 0) is 44.7 Å². The van der Waals surface area contributed by atoms with Gasteiger partial charge in [0.25, 0.3) is 0 Å². The molecule has 2 aromatic rings. The minimum atomic E-state index is 0.466. The van der Waals surface area contributed by atoms with Crippen LogP contribution in [0.15, 0.2) is 12.4 Å². The second-order valence-electron chi connectivity index (χ2n) is 6.39. The third-order valence-electron chi connectivity index (χ3n) is 4.41. The van der Waals surface area contributed by atoms with Crippen molar-refractivity contribution in [2.75, 3.05) is 24.5 Å². The first-order valence-corrected chi connectivity index (χ1v) is 9.10. The molecule has 0 atom stereocenters. The van der Waals surface area contributed by atoms with Crippen molar-refractivity contribution in [1.29, 1.82) is 0 Å². The van der Waals surface area contributed by atoms with Crippen molar-refractivity contribution in [3.05, 3.63) is 23.1 Å². The van der Waals surface area contributed by atoms with Gasteiger partial charge in [-0.1, -0.05) is 11.6 Å². The molecule has 1 aliphatic heterocycles. The van der Waals surface area contributed by atoms with Gasteiger partial charge in [-0.15, -0.1) is 0 Å². The fourth-order valence-corrected chi connectivity index (χ4v) is 3.80. The Labute approximate surface area is 146 Å². The summed E-state index contributed by atoms with van der Waals surface area (Å²) in [4.78, 5) is 6.78. The molecule has 0 saturated carbocycles. The van der Waals surface area contributed by atoms with Crippen LogP contribution in [0.3, 0.4) is 0 Å². The van der Waals surface area contributed by atoms with Gasteiger partial charge in [-0.2, -0.15) is 5.10 Å². The second-order valence-corrected chi connectivity index (χ2v) is 7.46. The van der Waals surface area contributed by atoms with Gasteiger partial charge in [-0.3, -0.25) is 5.14 Å². The van der Waals surface area contributed by atoms with Crippen LogP contribution in [-0.2, 0) is 0 Å². The van der Waals surface area contributed by atoms with E-state index >= 15 is 0 Å². The largest absolute Gasteiger partial charge is 0.354 e. The molecule has 126 valence electrons. The van der Waals surface area contributed by atoms with Crippen LogP contribution in [0.1, 0.15) is 25.8 Å². The van der Waals surface area contributed by atoms with E-state index in [-0.39, 0.29) is 0 Å². The Morgan fingerprint density at radius 1 is 1.48 bits per heavy atom. The fraction of sp³-hybridized carbons (Fsp3) is 0.600. The number of halogens is 1. The Morgan fingerprint density at radius 2 is 2.22 bits per heavy atom. The molecule has 0 bridgehead atoms. The van der Waals surface area contributed by atoms with Crippen LogP contribution in [0.25, 0.3) is 5.52 Å². The van der Waals surface area contributed by atoms with Gasteiger partial charge in [0.2, 0.25) is 0 Å². The maximum Gasteiger partial charge on any atom is 0.156 e. The van der Waals surface area contributed by atoms with Crippen molar-refractivity contribution < 1.29 is 0 Å². The van der Waals surface area contributed by atoms with Crippen molar-refractivity contribution >= 4 is 35.1 Å². The Kier molecular flexibility index (Phi) is 5.01. The average Bonchev–Trinajstić information content (AvgIpc) is 2.76. The number of fused-ring (bicyclic) bond motifs is 1. The van der Waals surface area contributed by atoms with Crippen LogP contribution < -0.4 is 10.0 Å². The van der Waals surface area contributed by atoms with E-state index in [2.05, 4.69) is 33.1 Å². The molecule has 1 aliphatic rings. The van der Waals surface area contributed by atoms with Crippen LogP contribution in [0, 0.1) is 12.8 Å². The Balaban J connectivity index is 1.64. The van der Waals surface area contributed by atoms with E-state index in [4.69, 9.17) is 16.7 Å². The zero-order valence-corrected chi connectivity index (χ0v) is 15.3. The zero-order chi connectivity index (χ0) is 16.6. The summed E-state index contributed by atoms with van der Waals surface area (Å²) in [5.41, 5.74) is 2.12. The topological polar surface area (TPSA) is 62.7 Å². The zero-order valence-electron chi connectivity index (χ0n) is 13.7. The predicted octanol–water partition coefficient (Wildman–Crippen LogP) is 2.75. The van der Waals surface area contributed by atoms with E-state index in [1.807, 2.05) is 13.0 Å². The minimum absolute atomic E-state index is 0.466. The summed E-state index contributed by atoms with van der Waals surface area (Å²) in [5, 5.41) is 10.6. The molecule has 0 unspecified atom stereocenters. The summed E-state index contributed by atoms with van der Waals surface area (Å²) in [6.07, 6.45) is 2.73. The first-order valence-electron chi connectivity index (χ1n) is 7.88. The van der Waals surface area contributed by atoms with Gasteiger partial charge in [0, 0.05) is 37.8 Å². The highest BCUT2D eigenvalue weighted by Gasteiger charge is 2.30. The Hall–Kier alpha value is -1.02. The molecule has 2 N–H and O–H groups in total. The summed E-state index contributed by atoms with van der Waals surface area (Å²) in [7, 11) is 0. The van der Waals surface area contributed by atoms with Crippen molar-refractivity contribution in [3.63, 3.8) is 0 Å². The van der Waals surface area contributed by atoms with Gasteiger partial charge < -0.3 is 4.90 Å². The number of anilines is 1. The number of rotatable bonds is 6. The smallest absolute Gasteiger partial charge is 0.156 e. The van der Waals surface area contributed by atoms with E-state index in [0.717, 1.165) is 43.0 Å². The van der Waals surface area contributed by atoms with Crippen LogP contribution >= 0.6 is 23.7 Å². The maximum atomic E-state index is 6.21. The highest BCUT2D eigenvalue weighted by atomic mass is 35.5. The van der Waals surface area contributed by atoms with Crippen molar-refractivity contribution in [1.82, 2.24) is 18.9 Å². The molecule has 6 nitrogen and oxygen atoms in total. The molecule has 1 fully saturated rings. The van der Waals surface area contributed by atoms with E-state index < -0.39 is 0 Å². The average molecular weight is 355 g/mol. The lowest BCUT2D eigenvalue weighted by molar-refractivity contribution is 0.313. The van der Waals surface area contributed by atoms with Crippen molar-refractivity contribution in [2.24, 2.45) is 11.1 Å². The third kappa shape index (κ3) is 3.28. The van der Waals surface area contributed by atoms with E-state index in [1.54, 1.807) is 10.8 Å². The van der Waals surface area contributed by atoms with Crippen LogP contribution in [0.5, 0.6) is 0 Å². The first kappa shape index (κ1) is 16.8. The quantitative estimate of drug-likeness (QED) is 0.805. The standard InChI is InChI=1S/C15H23ClN6S/c1-10(2)21(23-17)5-4-12-7-20(8-12)15-14-11(3)6-13(16)22(14)19-9-18-15/h6,9-10,12H,4-5,7-8,17H2,1-3H3. The summed E-state index contributed by atoms with van der Waals surface area (Å²) in [6, 6.07) is 2.40. The summed E-state index contributed by atoms with van der Waals surface area (Å²) < 4.78 is 3.99. The van der Waals surface area contributed by atoms with Gasteiger partial charge in [0.05, 0.1) is 0 Å². The van der Waals surface area contributed by atoms with Crippen molar-refractivity contribution in [3.8, 4) is 0 Å². The predicted molar refractivity (Wildman–Crippen MR) is 96.7 cm³/mol. The Morgan fingerprint density at radius 3 is 2.87 bits per heavy atom. The van der Waals surface area contributed by atoms with Crippen molar-refractivity contribution in [2.45, 2.75) is 33.2 Å². The summed E-state index contributed by atoms with van der Waals surface area (Å²) in [5.74, 6) is 1.67. The lowest BCUT2D eigenvalue weighted by Crippen LogP contribution is -2.48. The number of hydrogen-bond donors (Lipinski definition) is 1. The van der Waals surface area contributed by atoms with E-state index in [9.17, 15) is 0 Å². The molecule has 8 heteroatoms. The molecule has 0 radical (unpaired) electrons. The molecule has 3 rings (SSSR count). The molecule has 1 saturated heterocycles. The number of aryl methyl sites for hydroxylation is 1. The van der Waals surface area contributed by atoms with Crippen LogP contribution in [0.4, 0.5) is 5.82 Å². The van der Waals surface area contributed by atoms with Gasteiger partial charge in [0.15, 0.2) is 5.82 Å². The molecule has 2 aromatic heterocycles. The number of nitrogens with two attached hydrogens (primary N) is 1. The third-order valence-corrected chi connectivity index (χ3v) is 5.55. The highest BCUT2D eigenvalue weighted by molar-refractivity contribution is 7.94.